The molecule has 51 heavy (non-hydrogen) atoms. The molecule has 0 radical (unpaired) electrons. The first-order chi connectivity index (χ1) is 24.2. The minimum absolute atomic E-state index is 0.0723. The highest BCUT2D eigenvalue weighted by Crippen LogP contribution is 2.47. The summed E-state index contributed by atoms with van der Waals surface area (Å²) in [6.45, 7) is 1.14. The molecule has 0 saturated heterocycles. The Hall–Kier alpha value is -5.22. The zero-order chi connectivity index (χ0) is 36.5. The Bertz CT molecular complexity index is 1770. The van der Waals surface area contributed by atoms with Gasteiger partial charge in [-0.15, -0.1) is 0 Å². The molecule has 0 aliphatic carbocycles. The number of allylic oxidation sites excluding steroid dienone is 2. The van der Waals surface area contributed by atoms with Crippen molar-refractivity contribution in [3.05, 3.63) is 133 Å². The fourth-order valence-electron chi connectivity index (χ4n) is 6.54. The van der Waals surface area contributed by atoms with Gasteiger partial charge in [-0.25, -0.2) is 9.59 Å². The van der Waals surface area contributed by atoms with E-state index < -0.39 is 82.1 Å². The smallest absolute Gasteiger partial charge is 0.431 e. The van der Waals surface area contributed by atoms with Crippen LogP contribution in [0.25, 0.3) is 0 Å². The van der Waals surface area contributed by atoms with Gasteiger partial charge in [-0.2, -0.15) is 26.3 Å². The lowest BCUT2D eigenvalue weighted by atomic mass is 9.79. The Morgan fingerprint density at radius 1 is 0.706 bits per heavy atom. The molecule has 6 rings (SSSR count). The highest BCUT2D eigenvalue weighted by Gasteiger charge is 2.53. The van der Waals surface area contributed by atoms with E-state index in [-0.39, 0.29) is 13.1 Å². The van der Waals surface area contributed by atoms with E-state index in [0.29, 0.717) is 32.2 Å². The predicted octanol–water partition coefficient (Wildman–Crippen LogP) is 6.03. The van der Waals surface area contributed by atoms with Crippen LogP contribution in [-0.2, 0) is 45.2 Å². The number of dihydropyridines is 1. The Morgan fingerprint density at radius 3 is 1.49 bits per heavy atom. The number of carbonyl (C=O) groups is 2. The highest BCUT2D eigenvalue weighted by molar-refractivity contribution is 6.00. The Kier molecular flexibility index (Phi) is 9.90. The number of benzene rings is 3. The standard InChI is InChI=1S/C35H30F6N4O6/c36-34(37,38)30-28(32(46)50-14-12-43-17-22-6-1-2-7-23(22)18-43)27(21-10-5-11-26(16-21)45(48)49)29(31(42-30)35(39,40)41)33(47)51-15-13-44-19-24-8-3-4-9-25(24)20-44/h1-11,16,27,42H,12-15,17-20H2. The molecule has 268 valence electrons. The van der Waals surface area contributed by atoms with Gasteiger partial charge in [-0.3, -0.25) is 19.9 Å². The van der Waals surface area contributed by atoms with E-state index in [0.717, 1.165) is 40.5 Å². The van der Waals surface area contributed by atoms with E-state index in [9.17, 15) is 46.0 Å². The lowest BCUT2D eigenvalue weighted by molar-refractivity contribution is -0.384. The number of ether oxygens (including phenoxy) is 2. The Balaban J connectivity index is 1.32. The monoisotopic (exact) mass is 716 g/mol. The summed E-state index contributed by atoms with van der Waals surface area (Å²) in [5.74, 6) is -5.74. The second-order valence-corrected chi connectivity index (χ2v) is 12.2. The topological polar surface area (TPSA) is 114 Å². The molecular weight excluding hydrogens is 686 g/mol. The molecule has 3 aliphatic heterocycles. The van der Waals surface area contributed by atoms with E-state index in [1.807, 2.05) is 58.3 Å². The number of nitro groups is 1. The molecule has 3 aromatic carbocycles. The third-order valence-corrected chi connectivity index (χ3v) is 8.88. The summed E-state index contributed by atoms with van der Waals surface area (Å²) < 4.78 is 98.0. The molecule has 10 nitrogen and oxygen atoms in total. The van der Waals surface area contributed by atoms with Crippen molar-refractivity contribution in [1.82, 2.24) is 15.1 Å². The third-order valence-electron chi connectivity index (χ3n) is 8.88. The largest absolute Gasteiger partial charge is 0.461 e. The van der Waals surface area contributed by atoms with E-state index in [4.69, 9.17) is 9.47 Å². The van der Waals surface area contributed by atoms with E-state index >= 15 is 0 Å². The van der Waals surface area contributed by atoms with Gasteiger partial charge < -0.3 is 14.8 Å². The average molecular weight is 717 g/mol. The summed E-state index contributed by atoms with van der Waals surface area (Å²) in [5.41, 5.74) is -4.19. The van der Waals surface area contributed by atoms with Gasteiger partial charge >= 0.3 is 24.3 Å². The molecule has 0 saturated carbocycles. The summed E-state index contributed by atoms with van der Waals surface area (Å²) in [6, 6.07) is 18.6. The zero-order valence-corrected chi connectivity index (χ0v) is 26.7. The number of fused-ring (bicyclic) bond motifs is 2. The molecule has 0 unspecified atom stereocenters. The van der Waals surface area contributed by atoms with Crippen LogP contribution in [-0.4, -0.2) is 65.3 Å². The van der Waals surface area contributed by atoms with Crippen molar-refractivity contribution in [2.24, 2.45) is 0 Å². The zero-order valence-electron chi connectivity index (χ0n) is 26.7. The minimum atomic E-state index is -5.58. The van der Waals surface area contributed by atoms with E-state index in [2.05, 4.69) is 0 Å². The lowest BCUT2D eigenvalue weighted by Gasteiger charge is -2.33. The molecule has 3 aromatic rings. The van der Waals surface area contributed by atoms with Gasteiger partial charge in [0, 0.05) is 51.4 Å². The van der Waals surface area contributed by atoms with Gasteiger partial charge in [-0.1, -0.05) is 60.7 Å². The Labute approximate surface area is 287 Å². The van der Waals surface area contributed by atoms with Gasteiger partial charge in [0.1, 0.15) is 24.6 Å². The van der Waals surface area contributed by atoms with Gasteiger partial charge in [0.2, 0.25) is 0 Å². The van der Waals surface area contributed by atoms with Gasteiger partial charge in [0.15, 0.2) is 0 Å². The van der Waals surface area contributed by atoms with Crippen molar-refractivity contribution in [1.29, 1.82) is 0 Å². The van der Waals surface area contributed by atoms with Crippen LogP contribution in [0.2, 0.25) is 0 Å². The molecule has 0 spiro atoms. The molecule has 1 N–H and O–H groups in total. The number of halogens is 6. The SMILES string of the molecule is O=C(OCCN1Cc2ccccc2C1)C1=C(C(F)(F)F)NC(C(F)(F)F)=C(C(=O)OCCN2Cc3ccccc3C2)C1c1cccc([N+](=O)[O-])c1. The molecule has 0 fully saturated rings. The maximum Gasteiger partial charge on any atom is 0.431 e. The molecule has 0 atom stereocenters. The van der Waals surface area contributed by atoms with Crippen molar-refractivity contribution in [3.8, 4) is 0 Å². The fourth-order valence-corrected chi connectivity index (χ4v) is 6.54. The van der Waals surface area contributed by atoms with Crippen molar-refractivity contribution in [2.75, 3.05) is 26.3 Å². The van der Waals surface area contributed by atoms with Crippen LogP contribution in [0.1, 0.15) is 33.7 Å². The number of esters is 2. The van der Waals surface area contributed by atoms with Crippen molar-refractivity contribution in [3.63, 3.8) is 0 Å². The number of nitrogens with one attached hydrogen (secondary N) is 1. The first kappa shape index (κ1) is 35.6. The van der Waals surface area contributed by atoms with Crippen LogP contribution in [0.3, 0.4) is 0 Å². The van der Waals surface area contributed by atoms with Crippen LogP contribution in [0.5, 0.6) is 0 Å². The normalized spacial score (nSPS) is 16.9. The summed E-state index contributed by atoms with van der Waals surface area (Å²) in [6.07, 6.45) is -11.2. The molecule has 0 amide bonds. The third kappa shape index (κ3) is 7.76. The minimum Gasteiger partial charge on any atom is -0.461 e. The number of hydrogen-bond acceptors (Lipinski definition) is 9. The second-order valence-electron chi connectivity index (χ2n) is 12.2. The van der Waals surface area contributed by atoms with Gasteiger partial charge in [0.05, 0.1) is 22.0 Å². The number of nitrogens with zero attached hydrogens (tertiary/aromatic N) is 3. The van der Waals surface area contributed by atoms with Crippen molar-refractivity contribution >= 4 is 17.6 Å². The molecule has 0 aromatic heterocycles. The Morgan fingerprint density at radius 2 is 1.12 bits per heavy atom. The quantitative estimate of drug-likeness (QED) is 0.116. The predicted molar refractivity (Wildman–Crippen MR) is 168 cm³/mol. The fraction of sp³-hybridized carbons (Fsp3) is 0.314. The average Bonchev–Trinajstić information content (AvgIpc) is 3.70. The molecular formula is C35H30F6N4O6. The second kappa shape index (κ2) is 14.2. The first-order valence-electron chi connectivity index (χ1n) is 15.8. The molecule has 3 aliphatic rings. The maximum absolute atomic E-state index is 14.6. The number of nitro benzene ring substituents is 1. The molecule has 16 heteroatoms. The summed E-state index contributed by atoms with van der Waals surface area (Å²) in [7, 11) is 0. The number of rotatable bonds is 10. The van der Waals surface area contributed by atoms with Gasteiger partial charge in [-0.05, 0) is 27.8 Å². The number of alkyl halides is 6. The van der Waals surface area contributed by atoms with Crippen molar-refractivity contribution < 1.29 is 50.3 Å². The van der Waals surface area contributed by atoms with E-state index in [1.165, 1.54) is 5.32 Å². The summed E-state index contributed by atoms with van der Waals surface area (Å²) >= 11 is 0. The van der Waals surface area contributed by atoms with Crippen LogP contribution >= 0.6 is 0 Å². The van der Waals surface area contributed by atoms with Gasteiger partial charge in [0.25, 0.3) is 5.69 Å². The maximum atomic E-state index is 14.6. The van der Waals surface area contributed by atoms with Crippen LogP contribution in [0.15, 0.2) is 95.3 Å². The number of non-ortho nitro benzene ring substituents is 1. The highest BCUT2D eigenvalue weighted by atomic mass is 19.4. The van der Waals surface area contributed by atoms with Crippen LogP contribution < -0.4 is 5.32 Å². The molecule has 3 heterocycles. The number of carbonyl (C=O) groups excluding carboxylic acids is 2. The lowest BCUT2D eigenvalue weighted by Crippen LogP contribution is -2.43. The van der Waals surface area contributed by atoms with Crippen LogP contribution in [0, 0.1) is 10.1 Å². The molecule has 0 bridgehead atoms. The summed E-state index contributed by atoms with van der Waals surface area (Å²) in [5, 5.41) is 12.9. The van der Waals surface area contributed by atoms with Crippen molar-refractivity contribution in [2.45, 2.75) is 44.4 Å². The van der Waals surface area contributed by atoms with Crippen LogP contribution in [0.4, 0.5) is 32.0 Å². The first-order valence-corrected chi connectivity index (χ1v) is 15.8. The summed E-state index contributed by atoms with van der Waals surface area (Å²) in [4.78, 5) is 41.7. The van der Waals surface area contributed by atoms with E-state index in [1.54, 1.807) is 0 Å². The number of hydrogen-bond donors (Lipinski definition) is 1.